The second kappa shape index (κ2) is 5.35. The Morgan fingerprint density at radius 3 is 2.69 bits per heavy atom. The third-order valence-electron chi connectivity index (χ3n) is 3.08. The van der Waals surface area contributed by atoms with Crippen LogP contribution in [0.4, 0.5) is 5.69 Å². The number of benzene rings is 1. The van der Waals surface area contributed by atoms with Crippen LogP contribution in [0.15, 0.2) is 24.3 Å². The topological polar surface area (TPSA) is 29.1 Å². The highest BCUT2D eigenvalue weighted by atomic mass is 35.5. The summed E-state index contributed by atoms with van der Waals surface area (Å²) in [6.45, 7) is 0.750. The third-order valence-corrected chi connectivity index (χ3v) is 3.33. The molecule has 1 aliphatic rings. The summed E-state index contributed by atoms with van der Waals surface area (Å²) in [6.07, 6.45) is 4.03. The lowest BCUT2D eigenvalue weighted by molar-refractivity contribution is -0.124. The van der Waals surface area contributed by atoms with Crippen LogP contribution in [0.25, 0.3) is 0 Å². The lowest BCUT2D eigenvalue weighted by Crippen LogP contribution is -2.26. The molecule has 0 aliphatic heterocycles. The summed E-state index contributed by atoms with van der Waals surface area (Å²) < 4.78 is 0. The molecule has 1 aromatic rings. The molecular formula is C13H16ClNO. The highest BCUT2D eigenvalue weighted by Gasteiger charge is 2.21. The Bertz CT molecular complexity index is 361. The van der Waals surface area contributed by atoms with Gasteiger partial charge in [-0.3, -0.25) is 4.79 Å². The minimum Gasteiger partial charge on any atom is -0.384 e. The first-order chi connectivity index (χ1) is 7.75. The molecule has 16 heavy (non-hydrogen) atoms. The van der Waals surface area contributed by atoms with Crippen LogP contribution < -0.4 is 5.32 Å². The smallest absolute Gasteiger partial charge is 0.137 e. The number of nitrogens with one attached hydrogen (secondary N) is 1. The first kappa shape index (κ1) is 11.5. The molecule has 0 spiro atoms. The number of halogens is 1. The van der Waals surface area contributed by atoms with Gasteiger partial charge in [-0.1, -0.05) is 18.0 Å². The lowest BCUT2D eigenvalue weighted by Gasteiger charge is -2.21. The van der Waals surface area contributed by atoms with E-state index < -0.39 is 0 Å². The van der Waals surface area contributed by atoms with Crippen LogP contribution in [-0.2, 0) is 4.79 Å². The van der Waals surface area contributed by atoms with Crippen molar-refractivity contribution < 1.29 is 4.79 Å². The predicted octanol–water partition coefficient (Wildman–Crippen LogP) is 3.51. The fourth-order valence-electron chi connectivity index (χ4n) is 2.08. The quantitative estimate of drug-likeness (QED) is 0.872. The van der Waals surface area contributed by atoms with Gasteiger partial charge < -0.3 is 5.32 Å². The highest BCUT2D eigenvalue weighted by Crippen LogP contribution is 2.21. The molecule has 2 nitrogen and oxygen atoms in total. The van der Waals surface area contributed by atoms with Crippen LogP contribution in [0.5, 0.6) is 0 Å². The van der Waals surface area contributed by atoms with Crippen molar-refractivity contribution in [1.82, 2.24) is 0 Å². The zero-order valence-electron chi connectivity index (χ0n) is 9.21. The van der Waals surface area contributed by atoms with E-state index in [9.17, 15) is 4.79 Å². The number of carbonyl (C=O) groups excluding carboxylic acids is 1. The van der Waals surface area contributed by atoms with Gasteiger partial charge in [0.25, 0.3) is 0 Å². The molecule has 2 rings (SSSR count). The minimum absolute atomic E-state index is 0.199. The first-order valence-electron chi connectivity index (χ1n) is 5.78. The summed E-state index contributed by atoms with van der Waals surface area (Å²) in [6, 6.07) is 7.59. The Kier molecular flexibility index (Phi) is 3.83. The van der Waals surface area contributed by atoms with E-state index in [4.69, 9.17) is 11.6 Å². The molecule has 1 N–H and O–H groups in total. The van der Waals surface area contributed by atoms with Gasteiger partial charge in [0.1, 0.15) is 5.78 Å². The predicted molar refractivity (Wildman–Crippen MR) is 66.9 cm³/mol. The second-order valence-corrected chi connectivity index (χ2v) is 4.73. The van der Waals surface area contributed by atoms with E-state index in [-0.39, 0.29) is 5.92 Å². The molecule has 0 amide bonds. The number of Topliss-reactive ketones (excluding diaryl/α,β-unsaturated/α-hetero) is 1. The standard InChI is InChI=1S/C13H16ClNO/c14-11-5-7-12(8-6-11)15-9-10-3-1-2-4-13(10)16/h5-8,10,15H,1-4,9H2. The van der Waals surface area contributed by atoms with Crippen molar-refractivity contribution in [3.05, 3.63) is 29.3 Å². The number of ketones is 1. The number of anilines is 1. The maximum absolute atomic E-state index is 11.6. The molecule has 1 atom stereocenters. The van der Waals surface area contributed by atoms with Crippen molar-refractivity contribution >= 4 is 23.1 Å². The molecule has 1 saturated carbocycles. The average Bonchev–Trinajstić information content (AvgIpc) is 2.30. The van der Waals surface area contributed by atoms with Gasteiger partial charge in [0.05, 0.1) is 0 Å². The summed E-state index contributed by atoms with van der Waals surface area (Å²) in [7, 11) is 0. The van der Waals surface area contributed by atoms with E-state index in [1.165, 1.54) is 6.42 Å². The number of hydrogen-bond acceptors (Lipinski definition) is 2. The summed E-state index contributed by atoms with van der Waals surface area (Å²) >= 11 is 5.80. The molecule has 0 aromatic heterocycles. The molecule has 1 fully saturated rings. The van der Waals surface area contributed by atoms with Crippen LogP contribution in [0.3, 0.4) is 0 Å². The largest absolute Gasteiger partial charge is 0.384 e. The molecule has 0 saturated heterocycles. The number of hydrogen-bond donors (Lipinski definition) is 1. The Morgan fingerprint density at radius 2 is 2.00 bits per heavy atom. The van der Waals surface area contributed by atoms with Gasteiger partial charge in [-0.15, -0.1) is 0 Å². The Morgan fingerprint density at radius 1 is 1.25 bits per heavy atom. The monoisotopic (exact) mass is 237 g/mol. The van der Waals surface area contributed by atoms with Crippen LogP contribution in [0.1, 0.15) is 25.7 Å². The lowest BCUT2D eigenvalue weighted by atomic mass is 9.88. The van der Waals surface area contributed by atoms with Gasteiger partial charge in [-0.2, -0.15) is 0 Å². The zero-order chi connectivity index (χ0) is 11.4. The van der Waals surface area contributed by atoms with Gasteiger partial charge in [0.2, 0.25) is 0 Å². The van der Waals surface area contributed by atoms with E-state index in [2.05, 4.69) is 5.32 Å². The summed E-state index contributed by atoms with van der Waals surface area (Å²) in [5, 5.41) is 4.03. The van der Waals surface area contributed by atoms with Crippen LogP contribution in [-0.4, -0.2) is 12.3 Å². The van der Waals surface area contributed by atoms with Crippen molar-refractivity contribution in [2.75, 3.05) is 11.9 Å². The highest BCUT2D eigenvalue weighted by molar-refractivity contribution is 6.30. The van der Waals surface area contributed by atoms with Gasteiger partial charge in [-0.05, 0) is 37.1 Å². The van der Waals surface area contributed by atoms with Crippen molar-refractivity contribution in [2.24, 2.45) is 5.92 Å². The Labute approximate surface area is 101 Å². The molecule has 1 unspecified atom stereocenters. The zero-order valence-corrected chi connectivity index (χ0v) is 9.96. The van der Waals surface area contributed by atoms with Crippen molar-refractivity contribution in [2.45, 2.75) is 25.7 Å². The van der Waals surface area contributed by atoms with E-state index in [1.54, 1.807) is 0 Å². The molecule has 0 radical (unpaired) electrons. The van der Waals surface area contributed by atoms with E-state index in [0.717, 1.165) is 36.5 Å². The van der Waals surface area contributed by atoms with Gasteiger partial charge in [0.15, 0.2) is 0 Å². The Hall–Kier alpha value is -1.02. The van der Waals surface area contributed by atoms with Gasteiger partial charge >= 0.3 is 0 Å². The van der Waals surface area contributed by atoms with E-state index >= 15 is 0 Å². The van der Waals surface area contributed by atoms with Crippen molar-refractivity contribution in [1.29, 1.82) is 0 Å². The molecule has 1 aliphatic carbocycles. The Balaban J connectivity index is 1.86. The van der Waals surface area contributed by atoms with Crippen LogP contribution in [0.2, 0.25) is 5.02 Å². The fourth-order valence-corrected chi connectivity index (χ4v) is 2.21. The van der Waals surface area contributed by atoms with E-state index in [0.29, 0.717) is 5.78 Å². The SMILES string of the molecule is O=C1CCCCC1CNc1ccc(Cl)cc1. The normalized spacial score (nSPS) is 20.8. The summed E-state index contributed by atoms with van der Waals surface area (Å²) in [4.78, 5) is 11.6. The minimum atomic E-state index is 0.199. The fraction of sp³-hybridized carbons (Fsp3) is 0.462. The second-order valence-electron chi connectivity index (χ2n) is 4.30. The molecule has 1 aromatic carbocycles. The van der Waals surface area contributed by atoms with Crippen LogP contribution >= 0.6 is 11.6 Å². The molecule has 0 bridgehead atoms. The molecule has 0 heterocycles. The molecular weight excluding hydrogens is 222 g/mol. The number of rotatable bonds is 3. The molecule has 86 valence electrons. The summed E-state index contributed by atoms with van der Waals surface area (Å²) in [5.74, 6) is 0.608. The maximum Gasteiger partial charge on any atom is 0.137 e. The molecule has 3 heteroatoms. The average molecular weight is 238 g/mol. The van der Waals surface area contributed by atoms with Crippen LogP contribution in [0, 0.1) is 5.92 Å². The van der Waals surface area contributed by atoms with Gasteiger partial charge in [-0.25, -0.2) is 0 Å². The van der Waals surface area contributed by atoms with Crippen molar-refractivity contribution in [3.8, 4) is 0 Å². The van der Waals surface area contributed by atoms with Gasteiger partial charge in [0, 0.05) is 29.6 Å². The maximum atomic E-state index is 11.6. The number of carbonyl (C=O) groups is 1. The summed E-state index contributed by atoms with van der Waals surface area (Å²) in [5.41, 5.74) is 1.03. The van der Waals surface area contributed by atoms with Crippen molar-refractivity contribution in [3.63, 3.8) is 0 Å². The van der Waals surface area contributed by atoms with E-state index in [1.807, 2.05) is 24.3 Å². The third kappa shape index (κ3) is 2.99. The first-order valence-corrected chi connectivity index (χ1v) is 6.15.